The first-order valence-electron chi connectivity index (χ1n) is 6.91. The van der Waals surface area contributed by atoms with Gasteiger partial charge in [0, 0.05) is 17.4 Å². The minimum atomic E-state index is -0.0217. The summed E-state index contributed by atoms with van der Waals surface area (Å²) in [5.41, 5.74) is -0.0217. The molecule has 0 saturated carbocycles. The largest absolute Gasteiger partial charge is 0.314 e. The van der Waals surface area contributed by atoms with Crippen molar-refractivity contribution in [2.24, 2.45) is 0 Å². The lowest BCUT2D eigenvalue weighted by Gasteiger charge is -2.26. The van der Waals surface area contributed by atoms with E-state index in [1.807, 2.05) is 4.52 Å². The van der Waals surface area contributed by atoms with E-state index in [0.29, 0.717) is 12.0 Å². The van der Waals surface area contributed by atoms with Crippen molar-refractivity contribution in [1.82, 2.24) is 25.1 Å². The third-order valence-corrected chi connectivity index (χ3v) is 4.71. The van der Waals surface area contributed by atoms with E-state index in [9.17, 15) is 0 Å². The van der Waals surface area contributed by atoms with Crippen LogP contribution < -0.4 is 5.32 Å². The molecule has 0 aliphatic carbocycles. The Bertz CT molecular complexity index is 579. The van der Waals surface area contributed by atoms with Crippen LogP contribution in [0.25, 0.3) is 4.96 Å². The van der Waals surface area contributed by atoms with Gasteiger partial charge in [0.25, 0.3) is 0 Å². The summed E-state index contributed by atoms with van der Waals surface area (Å²) < 4.78 is 1.94. The average molecular weight is 279 g/mol. The number of aromatic nitrogens is 4. The van der Waals surface area contributed by atoms with Crippen molar-refractivity contribution < 1.29 is 0 Å². The molecule has 3 heterocycles. The molecule has 0 radical (unpaired) electrons. The van der Waals surface area contributed by atoms with Crippen molar-refractivity contribution >= 4 is 16.3 Å². The molecule has 1 fully saturated rings. The number of nitrogens with one attached hydrogen (secondary N) is 1. The fourth-order valence-corrected chi connectivity index (χ4v) is 3.61. The molecule has 0 amide bonds. The molecular weight excluding hydrogens is 258 g/mol. The van der Waals surface area contributed by atoms with Crippen molar-refractivity contribution in [3.8, 4) is 0 Å². The predicted octanol–water partition coefficient (Wildman–Crippen LogP) is 2.34. The third-order valence-electron chi connectivity index (χ3n) is 3.65. The van der Waals surface area contributed by atoms with Crippen LogP contribution in [0.2, 0.25) is 0 Å². The quantitative estimate of drug-likeness (QED) is 0.870. The van der Waals surface area contributed by atoms with Crippen molar-refractivity contribution in [1.29, 1.82) is 0 Å². The fourth-order valence-electron chi connectivity index (χ4n) is 2.62. The SMILES string of the molecule is CC1CC(c2nn3c(C(C)(C)C)nnc3s2)CCN1. The Balaban J connectivity index is 1.96. The Morgan fingerprint density at radius 1 is 1.32 bits per heavy atom. The van der Waals surface area contributed by atoms with Crippen molar-refractivity contribution in [3.05, 3.63) is 10.8 Å². The van der Waals surface area contributed by atoms with Crippen molar-refractivity contribution in [2.45, 2.75) is 57.9 Å². The molecule has 1 aliphatic rings. The van der Waals surface area contributed by atoms with Gasteiger partial charge < -0.3 is 5.32 Å². The van der Waals surface area contributed by atoms with Crippen LogP contribution >= 0.6 is 11.3 Å². The van der Waals surface area contributed by atoms with Gasteiger partial charge in [0.2, 0.25) is 4.96 Å². The van der Waals surface area contributed by atoms with Gasteiger partial charge in [-0.2, -0.15) is 9.61 Å². The number of hydrogen-bond acceptors (Lipinski definition) is 5. The second-order valence-electron chi connectivity index (χ2n) is 6.48. The van der Waals surface area contributed by atoms with Crippen molar-refractivity contribution in [3.63, 3.8) is 0 Å². The number of rotatable bonds is 1. The van der Waals surface area contributed by atoms with Crippen LogP contribution in [-0.2, 0) is 5.41 Å². The first-order valence-corrected chi connectivity index (χ1v) is 7.73. The molecule has 2 aromatic heterocycles. The topological polar surface area (TPSA) is 55.1 Å². The third kappa shape index (κ3) is 2.39. The van der Waals surface area contributed by atoms with Crippen LogP contribution in [0.15, 0.2) is 0 Å². The lowest BCUT2D eigenvalue weighted by Crippen LogP contribution is -2.34. The summed E-state index contributed by atoms with van der Waals surface area (Å²) in [5, 5.41) is 18.0. The molecule has 2 atom stereocenters. The summed E-state index contributed by atoms with van der Waals surface area (Å²) in [6.07, 6.45) is 2.33. The standard InChI is InChI=1S/C13H21N5S/c1-8-7-9(5-6-14-8)10-17-18-11(13(2,3)4)15-16-12(18)19-10/h8-9,14H,5-7H2,1-4H3. The van der Waals surface area contributed by atoms with Gasteiger partial charge >= 0.3 is 0 Å². The van der Waals surface area contributed by atoms with E-state index >= 15 is 0 Å². The lowest BCUT2D eigenvalue weighted by molar-refractivity contribution is 0.378. The van der Waals surface area contributed by atoms with E-state index in [1.54, 1.807) is 11.3 Å². The number of hydrogen-bond donors (Lipinski definition) is 1. The van der Waals surface area contributed by atoms with E-state index in [4.69, 9.17) is 5.10 Å². The summed E-state index contributed by atoms with van der Waals surface area (Å²) in [7, 11) is 0. The Morgan fingerprint density at radius 2 is 2.11 bits per heavy atom. The fraction of sp³-hybridized carbons (Fsp3) is 0.769. The van der Waals surface area contributed by atoms with E-state index < -0.39 is 0 Å². The molecule has 104 valence electrons. The van der Waals surface area contributed by atoms with Gasteiger partial charge in [0.1, 0.15) is 5.01 Å². The monoisotopic (exact) mass is 279 g/mol. The summed E-state index contributed by atoms with van der Waals surface area (Å²) in [4.78, 5) is 0.922. The lowest BCUT2D eigenvalue weighted by atomic mass is 9.94. The van der Waals surface area contributed by atoms with Crippen LogP contribution in [0, 0.1) is 0 Å². The first-order chi connectivity index (χ1) is 8.95. The molecule has 19 heavy (non-hydrogen) atoms. The van der Waals surface area contributed by atoms with Crippen LogP contribution in [0.3, 0.4) is 0 Å². The number of piperidine rings is 1. The van der Waals surface area contributed by atoms with Gasteiger partial charge in [0.05, 0.1) is 0 Å². The van der Waals surface area contributed by atoms with Gasteiger partial charge in [-0.3, -0.25) is 0 Å². The second-order valence-corrected chi connectivity index (χ2v) is 7.47. The molecule has 0 spiro atoms. The Hall–Kier alpha value is -1.01. The van der Waals surface area contributed by atoms with Gasteiger partial charge in [-0.15, -0.1) is 10.2 Å². The maximum Gasteiger partial charge on any atom is 0.234 e. The maximum atomic E-state index is 4.78. The normalized spacial score (nSPS) is 25.1. The molecule has 1 saturated heterocycles. The summed E-state index contributed by atoms with van der Waals surface area (Å²) in [6.45, 7) is 9.77. The van der Waals surface area contributed by atoms with E-state index in [-0.39, 0.29) is 5.41 Å². The zero-order valence-corrected chi connectivity index (χ0v) is 12.8. The van der Waals surface area contributed by atoms with Gasteiger partial charge in [-0.1, -0.05) is 32.1 Å². The second kappa shape index (κ2) is 4.52. The minimum Gasteiger partial charge on any atom is -0.314 e. The molecule has 3 rings (SSSR count). The summed E-state index contributed by atoms with van der Waals surface area (Å²) in [5.74, 6) is 1.52. The van der Waals surface area contributed by atoms with Crippen LogP contribution in [-0.4, -0.2) is 32.4 Å². The molecule has 6 heteroatoms. The highest BCUT2D eigenvalue weighted by atomic mass is 32.1. The average Bonchev–Trinajstić information content (AvgIpc) is 2.85. The zero-order valence-electron chi connectivity index (χ0n) is 12.0. The van der Waals surface area contributed by atoms with Crippen LogP contribution in [0.1, 0.15) is 57.3 Å². The molecular formula is C13H21N5S. The molecule has 5 nitrogen and oxygen atoms in total. The number of nitrogens with zero attached hydrogens (tertiary/aromatic N) is 4. The summed E-state index contributed by atoms with van der Waals surface area (Å²) >= 11 is 1.69. The van der Waals surface area contributed by atoms with Gasteiger partial charge in [0.15, 0.2) is 5.82 Å². The van der Waals surface area contributed by atoms with Crippen LogP contribution in [0.4, 0.5) is 0 Å². The first kappa shape index (κ1) is 13.0. The molecule has 0 bridgehead atoms. The Kier molecular flexibility index (Phi) is 3.09. The van der Waals surface area contributed by atoms with E-state index in [0.717, 1.165) is 23.8 Å². The van der Waals surface area contributed by atoms with Crippen molar-refractivity contribution in [2.75, 3.05) is 6.54 Å². The Labute approximate surface area is 117 Å². The zero-order chi connectivity index (χ0) is 13.6. The van der Waals surface area contributed by atoms with E-state index in [1.165, 1.54) is 11.4 Å². The maximum absolute atomic E-state index is 4.78. The highest BCUT2D eigenvalue weighted by Crippen LogP contribution is 2.32. The molecule has 0 aromatic carbocycles. The summed E-state index contributed by atoms with van der Waals surface area (Å²) in [6, 6.07) is 0.579. The molecule has 1 aliphatic heterocycles. The molecule has 2 unspecified atom stereocenters. The molecule has 2 aromatic rings. The Morgan fingerprint density at radius 3 is 2.79 bits per heavy atom. The highest BCUT2D eigenvalue weighted by Gasteiger charge is 2.27. The number of fused-ring (bicyclic) bond motifs is 1. The predicted molar refractivity (Wildman–Crippen MR) is 76.8 cm³/mol. The minimum absolute atomic E-state index is 0.0217. The van der Waals surface area contributed by atoms with Gasteiger partial charge in [-0.25, -0.2) is 0 Å². The van der Waals surface area contributed by atoms with Crippen LogP contribution in [0.5, 0.6) is 0 Å². The molecule has 1 N–H and O–H groups in total. The van der Waals surface area contributed by atoms with Gasteiger partial charge in [-0.05, 0) is 26.3 Å². The van der Waals surface area contributed by atoms with E-state index in [2.05, 4.69) is 43.2 Å². The smallest absolute Gasteiger partial charge is 0.234 e. The highest BCUT2D eigenvalue weighted by molar-refractivity contribution is 7.16.